The molecular formula is C19H24N2O2. The smallest absolute Gasteiger partial charge is 0.0875 e. The third-order valence-corrected chi connectivity index (χ3v) is 3.85. The van der Waals surface area contributed by atoms with Gasteiger partial charge in [0.15, 0.2) is 0 Å². The predicted molar refractivity (Wildman–Crippen MR) is 92.0 cm³/mol. The minimum Gasteiger partial charge on any atom is -0.396 e. The number of hydrogen-bond donors (Lipinski definition) is 3. The van der Waals surface area contributed by atoms with Gasteiger partial charge in [0.2, 0.25) is 0 Å². The van der Waals surface area contributed by atoms with Crippen molar-refractivity contribution in [1.29, 1.82) is 5.41 Å². The molecule has 0 bridgehead atoms. The zero-order chi connectivity index (χ0) is 16.5. The van der Waals surface area contributed by atoms with E-state index in [0.29, 0.717) is 31.4 Å². The highest BCUT2D eigenvalue weighted by Crippen LogP contribution is 2.19. The van der Waals surface area contributed by atoms with E-state index in [9.17, 15) is 0 Å². The molecule has 1 heterocycles. The summed E-state index contributed by atoms with van der Waals surface area (Å²) < 4.78 is 0. The van der Waals surface area contributed by atoms with Crippen LogP contribution in [-0.4, -0.2) is 34.1 Å². The van der Waals surface area contributed by atoms with Crippen LogP contribution in [0.4, 0.5) is 0 Å². The molecule has 1 aromatic heterocycles. The summed E-state index contributed by atoms with van der Waals surface area (Å²) in [6, 6.07) is 11.9. The second-order valence-electron chi connectivity index (χ2n) is 5.59. The molecule has 0 spiro atoms. The normalized spacial score (nSPS) is 10.7. The lowest BCUT2D eigenvalue weighted by Gasteiger charge is -2.14. The molecular weight excluding hydrogens is 288 g/mol. The highest BCUT2D eigenvalue weighted by atomic mass is 16.3. The van der Waals surface area contributed by atoms with Gasteiger partial charge in [0.25, 0.3) is 0 Å². The van der Waals surface area contributed by atoms with Gasteiger partial charge in [-0.3, -0.25) is 4.98 Å². The Morgan fingerprint density at radius 2 is 1.65 bits per heavy atom. The van der Waals surface area contributed by atoms with Crippen LogP contribution >= 0.6 is 0 Å². The Balaban J connectivity index is 2.26. The molecule has 0 saturated heterocycles. The number of nitrogens with zero attached hydrogens (tertiary/aromatic N) is 1. The van der Waals surface area contributed by atoms with E-state index in [-0.39, 0.29) is 13.2 Å². The molecule has 0 amide bonds. The van der Waals surface area contributed by atoms with Crippen LogP contribution in [0.5, 0.6) is 0 Å². The number of aryl methyl sites for hydroxylation is 1. The highest BCUT2D eigenvalue weighted by molar-refractivity contribution is 5.99. The molecule has 2 rings (SSSR count). The molecule has 0 radical (unpaired) electrons. The minimum atomic E-state index is 0.125. The molecule has 23 heavy (non-hydrogen) atoms. The second kappa shape index (κ2) is 9.18. The molecule has 0 aliphatic rings. The summed E-state index contributed by atoms with van der Waals surface area (Å²) in [7, 11) is 0. The summed E-state index contributed by atoms with van der Waals surface area (Å²) in [5.41, 5.74) is 4.46. The number of rotatable bonds is 9. The van der Waals surface area contributed by atoms with Crippen LogP contribution in [0.25, 0.3) is 0 Å². The van der Waals surface area contributed by atoms with Gasteiger partial charge >= 0.3 is 0 Å². The van der Waals surface area contributed by atoms with Gasteiger partial charge in [-0.05, 0) is 48.4 Å². The van der Waals surface area contributed by atoms with Gasteiger partial charge < -0.3 is 15.6 Å². The van der Waals surface area contributed by atoms with Crippen molar-refractivity contribution in [2.24, 2.45) is 0 Å². The minimum absolute atomic E-state index is 0.125. The van der Waals surface area contributed by atoms with Crippen LogP contribution in [0.3, 0.4) is 0 Å². The number of aliphatic hydroxyl groups is 2. The lowest BCUT2D eigenvalue weighted by Crippen LogP contribution is -2.13. The Kier molecular flexibility index (Phi) is 6.91. The van der Waals surface area contributed by atoms with E-state index >= 15 is 0 Å². The van der Waals surface area contributed by atoms with Crippen molar-refractivity contribution in [2.45, 2.75) is 32.1 Å². The number of aliphatic hydroxyl groups excluding tert-OH is 2. The van der Waals surface area contributed by atoms with Crippen LogP contribution in [-0.2, 0) is 19.3 Å². The Morgan fingerprint density at radius 3 is 2.35 bits per heavy atom. The zero-order valence-electron chi connectivity index (χ0n) is 13.3. The largest absolute Gasteiger partial charge is 0.396 e. The van der Waals surface area contributed by atoms with Crippen molar-refractivity contribution in [3.05, 3.63) is 65.0 Å². The van der Waals surface area contributed by atoms with Crippen molar-refractivity contribution in [1.82, 2.24) is 4.98 Å². The number of pyridine rings is 1. The molecule has 4 nitrogen and oxygen atoms in total. The first kappa shape index (κ1) is 17.3. The third kappa shape index (κ3) is 4.98. The molecule has 0 aliphatic carbocycles. The molecule has 3 N–H and O–H groups in total. The molecule has 1 aromatic carbocycles. The van der Waals surface area contributed by atoms with Crippen LogP contribution in [0.2, 0.25) is 0 Å². The second-order valence-corrected chi connectivity index (χ2v) is 5.59. The molecule has 0 aliphatic heterocycles. The maximum Gasteiger partial charge on any atom is 0.0875 e. The SMILES string of the molecule is N=C(Cc1ccccc1)c1nccc(CCCO)c1CCCO. The number of aromatic nitrogens is 1. The standard InChI is InChI=1S/C19H24N2O2/c20-18(14-15-6-2-1-3-7-15)19-17(9-5-13-23)16(8-4-12-22)10-11-21-19/h1-3,6-7,10-11,20,22-23H,4-5,8-9,12-14H2. The van der Waals surface area contributed by atoms with E-state index in [1.807, 2.05) is 36.4 Å². The zero-order valence-corrected chi connectivity index (χ0v) is 13.3. The fourth-order valence-electron chi connectivity index (χ4n) is 2.71. The topological polar surface area (TPSA) is 77.2 Å². The van der Waals surface area contributed by atoms with Crippen molar-refractivity contribution in [3.8, 4) is 0 Å². The lowest BCUT2D eigenvalue weighted by atomic mass is 9.94. The van der Waals surface area contributed by atoms with Gasteiger partial charge in [0.05, 0.1) is 11.4 Å². The number of hydrogen-bond acceptors (Lipinski definition) is 4. The van der Waals surface area contributed by atoms with Gasteiger partial charge in [0, 0.05) is 25.8 Å². The van der Waals surface area contributed by atoms with Crippen molar-refractivity contribution < 1.29 is 10.2 Å². The fraction of sp³-hybridized carbons (Fsp3) is 0.368. The van der Waals surface area contributed by atoms with Crippen molar-refractivity contribution in [3.63, 3.8) is 0 Å². The van der Waals surface area contributed by atoms with Gasteiger partial charge in [0.1, 0.15) is 0 Å². The Bertz CT molecular complexity index is 627. The Labute approximate surface area is 137 Å². The van der Waals surface area contributed by atoms with E-state index in [4.69, 9.17) is 15.6 Å². The Morgan fingerprint density at radius 1 is 0.957 bits per heavy atom. The fourth-order valence-corrected chi connectivity index (χ4v) is 2.71. The maximum atomic E-state index is 9.15. The first-order valence-electron chi connectivity index (χ1n) is 8.06. The van der Waals surface area contributed by atoms with E-state index in [1.54, 1.807) is 6.20 Å². The summed E-state index contributed by atoms with van der Waals surface area (Å²) in [5.74, 6) is 0. The molecule has 0 fully saturated rings. The summed E-state index contributed by atoms with van der Waals surface area (Å²) >= 11 is 0. The number of nitrogens with one attached hydrogen (secondary N) is 1. The molecule has 0 atom stereocenters. The highest BCUT2D eigenvalue weighted by Gasteiger charge is 2.14. The van der Waals surface area contributed by atoms with Gasteiger partial charge in [-0.25, -0.2) is 0 Å². The third-order valence-electron chi connectivity index (χ3n) is 3.85. The average Bonchev–Trinajstić information content (AvgIpc) is 2.59. The van der Waals surface area contributed by atoms with E-state index in [2.05, 4.69) is 4.98 Å². The monoisotopic (exact) mass is 312 g/mol. The van der Waals surface area contributed by atoms with Gasteiger partial charge in [-0.2, -0.15) is 0 Å². The maximum absolute atomic E-state index is 9.15. The van der Waals surface area contributed by atoms with Gasteiger partial charge in [-0.1, -0.05) is 30.3 Å². The number of benzene rings is 1. The molecule has 4 heteroatoms. The summed E-state index contributed by atoms with van der Waals surface area (Å²) in [6.45, 7) is 0.276. The predicted octanol–water partition coefficient (Wildman–Crippen LogP) is 2.54. The summed E-state index contributed by atoms with van der Waals surface area (Å²) in [5, 5.41) is 26.7. The van der Waals surface area contributed by atoms with Crippen molar-refractivity contribution >= 4 is 5.71 Å². The van der Waals surface area contributed by atoms with Crippen molar-refractivity contribution in [2.75, 3.05) is 13.2 Å². The molecule has 122 valence electrons. The van der Waals surface area contributed by atoms with Crippen LogP contribution in [0.15, 0.2) is 42.6 Å². The first-order chi connectivity index (χ1) is 11.3. The quantitative estimate of drug-likeness (QED) is 0.623. The average molecular weight is 312 g/mol. The Hall–Kier alpha value is -2.04. The molecule has 2 aromatic rings. The van der Waals surface area contributed by atoms with Crippen LogP contribution in [0, 0.1) is 5.41 Å². The van der Waals surface area contributed by atoms with E-state index in [1.165, 1.54) is 0 Å². The lowest BCUT2D eigenvalue weighted by molar-refractivity contribution is 0.286. The summed E-state index contributed by atoms with van der Waals surface area (Å²) in [4.78, 5) is 4.43. The first-order valence-corrected chi connectivity index (χ1v) is 8.06. The van der Waals surface area contributed by atoms with Crippen LogP contribution in [0.1, 0.15) is 35.2 Å². The summed E-state index contributed by atoms with van der Waals surface area (Å²) in [6.07, 6.45) is 5.11. The van der Waals surface area contributed by atoms with E-state index < -0.39 is 0 Å². The van der Waals surface area contributed by atoms with E-state index in [0.717, 1.165) is 28.8 Å². The van der Waals surface area contributed by atoms with Crippen LogP contribution < -0.4 is 0 Å². The molecule has 0 saturated carbocycles. The molecule has 0 unspecified atom stereocenters. The van der Waals surface area contributed by atoms with Gasteiger partial charge in [-0.15, -0.1) is 0 Å².